The highest BCUT2D eigenvalue weighted by Gasteiger charge is 1.93. The highest BCUT2D eigenvalue weighted by atomic mass is 15.3. The number of hydrogen-bond acceptors (Lipinski definition) is 2. The summed E-state index contributed by atoms with van der Waals surface area (Å²) in [6.07, 6.45) is 3.59. The topological polar surface area (TPSA) is 67.7 Å². The van der Waals surface area contributed by atoms with Crippen LogP contribution in [0.1, 0.15) is 5.56 Å². The van der Waals surface area contributed by atoms with Gasteiger partial charge in [0.05, 0.1) is 12.7 Å². The van der Waals surface area contributed by atoms with Crippen molar-refractivity contribution in [1.29, 1.82) is 5.41 Å². The second-order valence-corrected chi connectivity index (χ2v) is 2.24. The highest BCUT2D eigenvalue weighted by Crippen LogP contribution is 1.92. The normalized spacial score (nSPS) is 9.70. The van der Waals surface area contributed by atoms with Gasteiger partial charge in [-0.25, -0.2) is 0 Å². The van der Waals surface area contributed by atoms with E-state index in [0.29, 0.717) is 6.54 Å². The van der Waals surface area contributed by atoms with Crippen LogP contribution in [-0.2, 0) is 6.54 Å². The van der Waals surface area contributed by atoms with Crippen molar-refractivity contribution in [1.82, 2.24) is 9.78 Å². The first-order chi connectivity index (χ1) is 4.68. The first kappa shape index (κ1) is 6.80. The van der Waals surface area contributed by atoms with E-state index in [1.807, 2.05) is 13.1 Å². The van der Waals surface area contributed by atoms with E-state index in [1.165, 1.54) is 0 Å². The van der Waals surface area contributed by atoms with Crippen molar-refractivity contribution in [3.63, 3.8) is 0 Å². The van der Waals surface area contributed by atoms with Crippen molar-refractivity contribution in [3.8, 4) is 0 Å². The summed E-state index contributed by atoms with van der Waals surface area (Å²) in [5.74, 6) is 0.128. The van der Waals surface area contributed by atoms with E-state index in [0.717, 1.165) is 5.56 Å². The van der Waals surface area contributed by atoms with Crippen LogP contribution < -0.4 is 5.73 Å². The minimum absolute atomic E-state index is 0.128. The Morgan fingerprint density at radius 3 is 3.00 bits per heavy atom. The van der Waals surface area contributed by atoms with Crippen molar-refractivity contribution in [2.24, 2.45) is 5.73 Å². The Labute approximate surface area is 59.2 Å². The molecule has 4 nitrogen and oxygen atoms in total. The summed E-state index contributed by atoms with van der Waals surface area (Å²) < 4.78 is 1.64. The molecule has 0 saturated carbocycles. The van der Waals surface area contributed by atoms with E-state index in [1.54, 1.807) is 10.9 Å². The molecule has 0 fully saturated rings. The molecule has 0 bridgehead atoms. The van der Waals surface area contributed by atoms with Crippen LogP contribution in [-0.4, -0.2) is 15.6 Å². The van der Waals surface area contributed by atoms with Gasteiger partial charge in [-0.1, -0.05) is 0 Å². The summed E-state index contributed by atoms with van der Waals surface area (Å²) in [6.45, 7) is 2.33. The van der Waals surface area contributed by atoms with Gasteiger partial charge in [0.25, 0.3) is 0 Å². The highest BCUT2D eigenvalue weighted by molar-refractivity contribution is 5.76. The Hall–Kier alpha value is -1.32. The van der Waals surface area contributed by atoms with Gasteiger partial charge < -0.3 is 5.73 Å². The van der Waals surface area contributed by atoms with Crippen LogP contribution in [0.5, 0.6) is 0 Å². The fourth-order valence-corrected chi connectivity index (χ4v) is 0.728. The van der Waals surface area contributed by atoms with Gasteiger partial charge >= 0.3 is 0 Å². The standard InChI is InChI=1S/C6H10N4/c1-5-2-9-10(3-5)4-6(7)8/h2-3H,4H2,1H3,(H3,7,8). The van der Waals surface area contributed by atoms with Gasteiger partial charge in [0.2, 0.25) is 0 Å². The summed E-state index contributed by atoms with van der Waals surface area (Å²) in [6, 6.07) is 0. The molecular weight excluding hydrogens is 128 g/mol. The molecule has 0 aromatic carbocycles. The Morgan fingerprint density at radius 1 is 1.90 bits per heavy atom. The number of rotatable bonds is 2. The summed E-state index contributed by atoms with van der Waals surface area (Å²) >= 11 is 0. The molecule has 4 heteroatoms. The van der Waals surface area contributed by atoms with E-state index in [4.69, 9.17) is 11.1 Å². The molecule has 3 N–H and O–H groups in total. The maximum absolute atomic E-state index is 6.96. The van der Waals surface area contributed by atoms with Crippen LogP contribution in [0.4, 0.5) is 0 Å². The van der Waals surface area contributed by atoms with Gasteiger partial charge in [-0.15, -0.1) is 0 Å². The summed E-state index contributed by atoms with van der Waals surface area (Å²) in [5, 5.41) is 10.9. The van der Waals surface area contributed by atoms with E-state index >= 15 is 0 Å². The zero-order valence-electron chi connectivity index (χ0n) is 5.83. The minimum Gasteiger partial charge on any atom is -0.386 e. The molecule has 54 valence electrons. The molecule has 0 aliphatic heterocycles. The Kier molecular flexibility index (Phi) is 1.71. The van der Waals surface area contributed by atoms with Gasteiger partial charge in [-0.3, -0.25) is 10.1 Å². The Bertz CT molecular complexity index is 238. The fourth-order valence-electron chi connectivity index (χ4n) is 0.728. The molecule has 0 aliphatic rings. The first-order valence-electron chi connectivity index (χ1n) is 3.00. The van der Waals surface area contributed by atoms with E-state index in [-0.39, 0.29) is 5.84 Å². The van der Waals surface area contributed by atoms with Gasteiger partial charge in [0, 0.05) is 6.20 Å². The van der Waals surface area contributed by atoms with Gasteiger partial charge in [-0.05, 0) is 12.5 Å². The van der Waals surface area contributed by atoms with E-state index < -0.39 is 0 Å². The predicted molar refractivity (Wildman–Crippen MR) is 38.9 cm³/mol. The molecule has 0 atom stereocenters. The number of amidine groups is 1. The maximum Gasteiger partial charge on any atom is 0.113 e. The summed E-state index contributed by atoms with van der Waals surface area (Å²) in [5.41, 5.74) is 6.24. The van der Waals surface area contributed by atoms with Crippen LogP contribution in [0.3, 0.4) is 0 Å². The van der Waals surface area contributed by atoms with Crippen molar-refractivity contribution >= 4 is 5.84 Å². The van der Waals surface area contributed by atoms with Gasteiger partial charge in [0.15, 0.2) is 0 Å². The monoisotopic (exact) mass is 138 g/mol. The Morgan fingerprint density at radius 2 is 2.60 bits per heavy atom. The van der Waals surface area contributed by atoms with Crippen LogP contribution in [0.15, 0.2) is 12.4 Å². The predicted octanol–water partition coefficient (Wildman–Crippen LogP) is 0.127. The van der Waals surface area contributed by atoms with Gasteiger partial charge in [0.1, 0.15) is 5.84 Å². The van der Waals surface area contributed by atoms with Crippen LogP contribution in [0.2, 0.25) is 0 Å². The van der Waals surface area contributed by atoms with E-state index in [9.17, 15) is 0 Å². The molecule has 0 spiro atoms. The lowest BCUT2D eigenvalue weighted by Gasteiger charge is -1.95. The number of nitrogens with two attached hydrogens (primary N) is 1. The Balaban J connectivity index is 2.67. The quantitative estimate of drug-likeness (QED) is 0.450. The summed E-state index contributed by atoms with van der Waals surface area (Å²) in [4.78, 5) is 0. The largest absolute Gasteiger partial charge is 0.386 e. The average Bonchev–Trinajstić information content (AvgIpc) is 2.13. The van der Waals surface area contributed by atoms with E-state index in [2.05, 4.69) is 5.10 Å². The first-order valence-corrected chi connectivity index (χ1v) is 3.00. The molecule has 0 radical (unpaired) electrons. The number of nitrogens with one attached hydrogen (secondary N) is 1. The molecule has 0 saturated heterocycles. The van der Waals surface area contributed by atoms with Crippen molar-refractivity contribution in [2.45, 2.75) is 13.5 Å². The maximum atomic E-state index is 6.96. The zero-order chi connectivity index (χ0) is 7.56. The minimum atomic E-state index is 0.128. The molecule has 1 heterocycles. The van der Waals surface area contributed by atoms with Crippen LogP contribution >= 0.6 is 0 Å². The third-order valence-electron chi connectivity index (χ3n) is 1.09. The molecule has 0 aliphatic carbocycles. The van der Waals surface area contributed by atoms with Crippen LogP contribution in [0.25, 0.3) is 0 Å². The second kappa shape index (κ2) is 2.51. The lowest BCUT2D eigenvalue weighted by Crippen LogP contribution is -2.17. The molecule has 10 heavy (non-hydrogen) atoms. The van der Waals surface area contributed by atoms with Gasteiger partial charge in [-0.2, -0.15) is 5.10 Å². The number of hydrogen-bond donors (Lipinski definition) is 2. The molecule has 0 amide bonds. The molecule has 1 rings (SSSR count). The third-order valence-corrected chi connectivity index (χ3v) is 1.09. The lowest BCUT2D eigenvalue weighted by atomic mass is 10.4. The second-order valence-electron chi connectivity index (χ2n) is 2.24. The SMILES string of the molecule is Cc1cnn(CC(=N)N)c1. The summed E-state index contributed by atoms with van der Waals surface area (Å²) in [7, 11) is 0. The van der Waals surface area contributed by atoms with Crippen molar-refractivity contribution < 1.29 is 0 Å². The van der Waals surface area contributed by atoms with Crippen LogP contribution in [0, 0.1) is 12.3 Å². The molecular formula is C6H10N4. The number of aryl methyl sites for hydroxylation is 1. The van der Waals surface area contributed by atoms with Crippen molar-refractivity contribution in [2.75, 3.05) is 0 Å². The average molecular weight is 138 g/mol. The number of aromatic nitrogens is 2. The molecule has 1 aromatic rings. The molecule has 1 aromatic heterocycles. The zero-order valence-corrected chi connectivity index (χ0v) is 5.83. The van der Waals surface area contributed by atoms with Crippen molar-refractivity contribution in [3.05, 3.63) is 18.0 Å². The third kappa shape index (κ3) is 1.58. The fraction of sp³-hybridized carbons (Fsp3) is 0.333. The molecule has 0 unspecified atom stereocenters. The lowest BCUT2D eigenvalue weighted by molar-refractivity contribution is 0.717. The number of nitrogens with zero attached hydrogens (tertiary/aromatic N) is 2. The smallest absolute Gasteiger partial charge is 0.113 e.